The molecule has 168 valence electrons. The summed E-state index contributed by atoms with van der Waals surface area (Å²) in [7, 11) is 0. The number of unbranched alkanes of at least 4 members (excludes halogenated alkanes) is 3. The molecule has 1 heterocycles. The maximum Gasteiger partial charge on any atom is 0.213 e. The first kappa shape index (κ1) is 24.7. The van der Waals surface area contributed by atoms with Gasteiger partial charge in [-0.25, -0.2) is 13.8 Å². The average molecular weight is 430 g/mol. The molecule has 2 aromatic rings. The summed E-state index contributed by atoms with van der Waals surface area (Å²) in [6, 6.07) is 6.44. The Kier molecular flexibility index (Phi) is 10.9. The van der Waals surface area contributed by atoms with Crippen LogP contribution in [0.3, 0.4) is 0 Å². The van der Waals surface area contributed by atoms with Gasteiger partial charge in [-0.1, -0.05) is 56.7 Å². The maximum absolute atomic E-state index is 14.6. The first-order valence-electron chi connectivity index (χ1n) is 11.0. The van der Waals surface area contributed by atoms with Crippen LogP contribution in [0.1, 0.15) is 57.9 Å². The molecule has 3 nitrogen and oxygen atoms in total. The molecule has 0 saturated carbocycles. The Labute approximate surface area is 184 Å². The SMILES string of the molecule is C=CCOc1ccc(-c2ccc(C=CCCCC(C)OCCCCC)c(F)c2F)cn1. The maximum atomic E-state index is 14.6. The van der Waals surface area contributed by atoms with Crippen LogP contribution in [-0.4, -0.2) is 24.3 Å². The van der Waals surface area contributed by atoms with Gasteiger partial charge in [-0.05, 0) is 38.7 Å². The van der Waals surface area contributed by atoms with Gasteiger partial charge in [-0.2, -0.15) is 0 Å². The molecular formula is C26H33F2NO2. The van der Waals surface area contributed by atoms with E-state index in [0.717, 1.165) is 32.3 Å². The molecule has 31 heavy (non-hydrogen) atoms. The van der Waals surface area contributed by atoms with Crippen LogP contribution in [-0.2, 0) is 4.74 Å². The van der Waals surface area contributed by atoms with Gasteiger partial charge in [-0.3, -0.25) is 0 Å². The van der Waals surface area contributed by atoms with Crippen LogP contribution in [0.2, 0.25) is 0 Å². The van der Waals surface area contributed by atoms with Crippen molar-refractivity contribution >= 4 is 6.08 Å². The second kappa shape index (κ2) is 13.7. The highest BCUT2D eigenvalue weighted by Gasteiger charge is 2.14. The van der Waals surface area contributed by atoms with Crippen LogP contribution in [0.15, 0.2) is 49.2 Å². The molecule has 0 amide bonds. The summed E-state index contributed by atoms with van der Waals surface area (Å²) >= 11 is 0. The highest BCUT2D eigenvalue weighted by molar-refractivity contribution is 5.66. The van der Waals surface area contributed by atoms with E-state index in [2.05, 4.69) is 25.4 Å². The minimum absolute atomic E-state index is 0.173. The van der Waals surface area contributed by atoms with E-state index in [4.69, 9.17) is 9.47 Å². The number of allylic oxidation sites excluding steroid dienone is 1. The van der Waals surface area contributed by atoms with Crippen LogP contribution in [0.4, 0.5) is 8.78 Å². The van der Waals surface area contributed by atoms with Crippen LogP contribution in [0, 0.1) is 11.6 Å². The molecule has 0 aliphatic carbocycles. The Balaban J connectivity index is 1.88. The largest absolute Gasteiger partial charge is 0.473 e. The average Bonchev–Trinajstić information content (AvgIpc) is 2.78. The fourth-order valence-corrected chi connectivity index (χ4v) is 3.14. The number of ether oxygens (including phenoxy) is 2. The van der Waals surface area contributed by atoms with E-state index in [-0.39, 0.29) is 17.2 Å². The topological polar surface area (TPSA) is 31.4 Å². The van der Waals surface area contributed by atoms with Gasteiger partial charge in [0.05, 0.1) is 6.10 Å². The molecule has 0 aliphatic heterocycles. The summed E-state index contributed by atoms with van der Waals surface area (Å²) in [5.74, 6) is -1.32. The van der Waals surface area contributed by atoms with Gasteiger partial charge in [-0.15, -0.1) is 0 Å². The lowest BCUT2D eigenvalue weighted by atomic mass is 10.0. The minimum atomic E-state index is -0.877. The second-order valence-corrected chi connectivity index (χ2v) is 7.54. The summed E-state index contributed by atoms with van der Waals surface area (Å²) in [4.78, 5) is 4.11. The lowest BCUT2D eigenvalue weighted by Crippen LogP contribution is -2.08. The monoisotopic (exact) mass is 429 g/mol. The molecular weight excluding hydrogens is 396 g/mol. The van der Waals surface area contributed by atoms with Crippen LogP contribution >= 0.6 is 0 Å². The fraction of sp³-hybridized carbons (Fsp3) is 0.423. The molecule has 0 spiro atoms. The third kappa shape index (κ3) is 8.25. The summed E-state index contributed by atoms with van der Waals surface area (Å²) in [5, 5.41) is 0. The number of aromatic nitrogens is 1. The summed E-state index contributed by atoms with van der Waals surface area (Å²) in [6.07, 6.45) is 13.0. The standard InChI is InChI=1S/C26H33F2NO2/c1-4-6-10-18-30-20(3)11-8-7-9-12-21-13-15-23(26(28)25(21)27)22-14-16-24(29-19-22)31-17-5-2/h5,9,12-16,19-20H,2,4,6-8,10-11,17-18H2,1,3H3. The zero-order valence-electron chi connectivity index (χ0n) is 18.6. The van der Waals surface area contributed by atoms with E-state index in [0.29, 0.717) is 18.1 Å². The van der Waals surface area contributed by atoms with Crippen molar-refractivity contribution in [3.05, 3.63) is 66.4 Å². The molecule has 0 aliphatic rings. The molecule has 1 aromatic heterocycles. The van der Waals surface area contributed by atoms with Gasteiger partial charge in [0.1, 0.15) is 6.61 Å². The van der Waals surface area contributed by atoms with E-state index in [1.165, 1.54) is 19.0 Å². The first-order chi connectivity index (χ1) is 15.1. The molecule has 0 saturated heterocycles. The Bertz CT molecular complexity index is 834. The van der Waals surface area contributed by atoms with E-state index >= 15 is 0 Å². The molecule has 5 heteroatoms. The molecule has 0 N–H and O–H groups in total. The zero-order valence-corrected chi connectivity index (χ0v) is 18.6. The molecule has 0 radical (unpaired) electrons. The lowest BCUT2D eigenvalue weighted by molar-refractivity contribution is 0.0566. The Morgan fingerprint density at radius 1 is 1.10 bits per heavy atom. The van der Waals surface area contributed by atoms with Crippen molar-refractivity contribution in [3.8, 4) is 17.0 Å². The quantitative estimate of drug-likeness (QED) is 0.232. The molecule has 1 atom stereocenters. The third-order valence-corrected chi connectivity index (χ3v) is 4.94. The number of hydrogen-bond donors (Lipinski definition) is 0. The Morgan fingerprint density at radius 2 is 1.94 bits per heavy atom. The van der Waals surface area contributed by atoms with Gasteiger partial charge in [0.2, 0.25) is 5.88 Å². The normalized spacial score (nSPS) is 12.3. The minimum Gasteiger partial charge on any atom is -0.473 e. The van der Waals surface area contributed by atoms with Crippen molar-refractivity contribution < 1.29 is 18.3 Å². The number of halogens is 2. The van der Waals surface area contributed by atoms with Crippen LogP contribution < -0.4 is 4.74 Å². The van der Waals surface area contributed by atoms with Gasteiger partial charge < -0.3 is 9.47 Å². The van der Waals surface area contributed by atoms with Gasteiger partial charge in [0.15, 0.2) is 11.6 Å². The zero-order chi connectivity index (χ0) is 22.5. The van der Waals surface area contributed by atoms with Gasteiger partial charge >= 0.3 is 0 Å². The summed E-state index contributed by atoms with van der Waals surface area (Å²) in [6.45, 7) is 8.97. The lowest BCUT2D eigenvalue weighted by Gasteiger charge is -2.12. The van der Waals surface area contributed by atoms with Crippen molar-refractivity contribution in [2.75, 3.05) is 13.2 Å². The Morgan fingerprint density at radius 3 is 2.65 bits per heavy atom. The highest BCUT2D eigenvalue weighted by atomic mass is 19.2. The Hall–Kier alpha value is -2.53. The van der Waals surface area contributed by atoms with E-state index < -0.39 is 11.6 Å². The van der Waals surface area contributed by atoms with E-state index in [1.807, 2.05) is 6.08 Å². The molecule has 2 rings (SSSR count). The number of nitrogens with zero attached hydrogens (tertiary/aromatic N) is 1. The van der Waals surface area contributed by atoms with Gasteiger partial charge in [0, 0.05) is 35.6 Å². The van der Waals surface area contributed by atoms with Crippen molar-refractivity contribution in [2.24, 2.45) is 0 Å². The van der Waals surface area contributed by atoms with Crippen LogP contribution in [0.5, 0.6) is 5.88 Å². The number of hydrogen-bond acceptors (Lipinski definition) is 3. The third-order valence-electron chi connectivity index (χ3n) is 4.94. The fourth-order valence-electron chi connectivity index (χ4n) is 3.14. The predicted octanol–water partition coefficient (Wildman–Crippen LogP) is 7.37. The molecule has 1 aromatic carbocycles. The summed E-state index contributed by atoms with van der Waals surface area (Å²) in [5.41, 5.74) is 0.904. The summed E-state index contributed by atoms with van der Waals surface area (Å²) < 4.78 is 40.2. The van der Waals surface area contributed by atoms with Crippen molar-refractivity contribution in [3.63, 3.8) is 0 Å². The van der Waals surface area contributed by atoms with Crippen molar-refractivity contribution in [1.29, 1.82) is 0 Å². The number of pyridine rings is 1. The number of rotatable bonds is 14. The molecule has 1 unspecified atom stereocenters. The van der Waals surface area contributed by atoms with Crippen molar-refractivity contribution in [1.82, 2.24) is 4.98 Å². The number of benzene rings is 1. The van der Waals surface area contributed by atoms with Crippen LogP contribution in [0.25, 0.3) is 17.2 Å². The smallest absolute Gasteiger partial charge is 0.213 e. The van der Waals surface area contributed by atoms with Gasteiger partial charge in [0.25, 0.3) is 0 Å². The predicted molar refractivity (Wildman–Crippen MR) is 123 cm³/mol. The molecule has 0 fully saturated rings. The van der Waals surface area contributed by atoms with Crippen molar-refractivity contribution in [2.45, 2.75) is 58.5 Å². The second-order valence-electron chi connectivity index (χ2n) is 7.54. The van der Waals surface area contributed by atoms with E-state index in [9.17, 15) is 8.78 Å². The highest BCUT2D eigenvalue weighted by Crippen LogP contribution is 2.27. The first-order valence-corrected chi connectivity index (χ1v) is 11.0. The van der Waals surface area contributed by atoms with E-state index in [1.54, 1.807) is 36.4 Å². The molecule has 0 bridgehead atoms.